The van der Waals surface area contributed by atoms with E-state index in [1.807, 2.05) is 36.6 Å². The van der Waals surface area contributed by atoms with Gasteiger partial charge < -0.3 is 5.32 Å². The number of amides is 2. The third kappa shape index (κ3) is 3.70. The Labute approximate surface area is 175 Å². The van der Waals surface area contributed by atoms with Crippen molar-refractivity contribution in [3.8, 4) is 0 Å². The van der Waals surface area contributed by atoms with Crippen LogP contribution in [0.5, 0.6) is 0 Å². The van der Waals surface area contributed by atoms with Gasteiger partial charge in [0.1, 0.15) is 0 Å². The van der Waals surface area contributed by atoms with Gasteiger partial charge in [0, 0.05) is 22.9 Å². The second-order valence-corrected chi connectivity index (χ2v) is 10.2. The molecular weight excluding hydrogens is 382 g/mol. The Morgan fingerprint density at radius 3 is 2.24 bits per heavy atom. The number of aryl methyl sites for hydroxylation is 1. The summed E-state index contributed by atoms with van der Waals surface area (Å²) in [7, 11) is 0. The normalized spacial score (nSPS) is 29.6. The van der Waals surface area contributed by atoms with E-state index in [1.165, 1.54) is 30.6 Å². The number of carbonyl (C=O) groups excluding carboxylic acids is 2. The van der Waals surface area contributed by atoms with E-state index >= 15 is 0 Å². The molecule has 4 saturated carbocycles. The summed E-state index contributed by atoms with van der Waals surface area (Å²) in [5.41, 5.74) is 2.40. The van der Waals surface area contributed by atoms with Gasteiger partial charge in [-0.25, -0.2) is 4.98 Å². The second kappa shape index (κ2) is 7.24. The van der Waals surface area contributed by atoms with Gasteiger partial charge in [-0.15, -0.1) is 11.3 Å². The zero-order chi connectivity index (χ0) is 20.0. The van der Waals surface area contributed by atoms with E-state index in [9.17, 15) is 9.59 Å². The molecule has 0 radical (unpaired) electrons. The van der Waals surface area contributed by atoms with Crippen LogP contribution in [0.25, 0.3) is 0 Å². The van der Waals surface area contributed by atoms with Crippen molar-refractivity contribution < 1.29 is 9.59 Å². The maximum absolute atomic E-state index is 13.1. The predicted octanol–water partition coefficient (Wildman–Crippen LogP) is 4.54. The molecule has 1 aromatic heterocycles. The lowest BCUT2D eigenvalue weighted by Crippen LogP contribution is -2.53. The summed E-state index contributed by atoms with van der Waals surface area (Å²) in [5, 5.41) is 8.54. The highest BCUT2D eigenvalue weighted by Gasteiger charge is 2.54. The van der Waals surface area contributed by atoms with Crippen LogP contribution in [0.1, 0.15) is 60.1 Å². The van der Waals surface area contributed by atoms with Crippen molar-refractivity contribution >= 4 is 28.3 Å². The largest absolute Gasteiger partial charge is 0.352 e. The van der Waals surface area contributed by atoms with Gasteiger partial charge in [0.25, 0.3) is 5.91 Å². The van der Waals surface area contributed by atoms with Gasteiger partial charge in [-0.3, -0.25) is 14.9 Å². The lowest BCUT2D eigenvalue weighted by atomic mass is 9.49. The number of aromatic nitrogens is 1. The van der Waals surface area contributed by atoms with E-state index in [4.69, 9.17) is 0 Å². The monoisotopic (exact) mass is 409 g/mol. The number of rotatable bonds is 5. The minimum atomic E-state index is -0.163. The Bertz CT molecular complexity index is 899. The quantitative estimate of drug-likeness (QED) is 0.762. The van der Waals surface area contributed by atoms with Crippen LogP contribution in [0, 0.1) is 30.1 Å². The molecule has 0 unspecified atom stereocenters. The molecule has 152 valence electrons. The Morgan fingerprint density at radius 1 is 1.07 bits per heavy atom. The standard InChI is InChI=1S/C23H27N3O2S/c1-14-13-29-22(25-14)26-20(27)19-4-2-15(3-5-19)12-24-21(28)23-9-16-6-17(10-23)8-18(7-16)11-23/h2-5,13,16-18H,6-12H2,1H3,(H,24,28)(H,25,26,27). The Hall–Kier alpha value is -2.21. The molecule has 4 fully saturated rings. The summed E-state index contributed by atoms with van der Waals surface area (Å²) >= 11 is 1.42. The van der Waals surface area contributed by atoms with E-state index in [0.29, 0.717) is 17.2 Å². The lowest BCUT2D eigenvalue weighted by molar-refractivity contribution is -0.146. The van der Waals surface area contributed by atoms with Crippen LogP contribution in [0.4, 0.5) is 5.13 Å². The molecule has 1 aromatic carbocycles. The van der Waals surface area contributed by atoms with Crippen LogP contribution in [0.2, 0.25) is 0 Å². The minimum absolute atomic E-state index is 0.111. The molecule has 0 saturated heterocycles. The number of anilines is 1. The van der Waals surface area contributed by atoms with Crippen molar-refractivity contribution in [1.82, 2.24) is 10.3 Å². The van der Waals surface area contributed by atoms with Crippen molar-refractivity contribution in [3.05, 3.63) is 46.5 Å². The van der Waals surface area contributed by atoms with Crippen LogP contribution >= 0.6 is 11.3 Å². The molecule has 4 aliphatic carbocycles. The van der Waals surface area contributed by atoms with Gasteiger partial charge in [-0.1, -0.05) is 12.1 Å². The van der Waals surface area contributed by atoms with Crippen molar-refractivity contribution in [3.63, 3.8) is 0 Å². The summed E-state index contributed by atoms with van der Waals surface area (Å²) in [5.74, 6) is 2.39. The van der Waals surface area contributed by atoms with E-state index in [1.54, 1.807) is 0 Å². The first-order valence-electron chi connectivity index (χ1n) is 10.6. The average Bonchev–Trinajstić information content (AvgIpc) is 3.10. The SMILES string of the molecule is Cc1csc(NC(=O)c2ccc(CNC(=O)C34CC5CC(CC(C5)C3)C4)cc2)n1. The first-order chi connectivity index (χ1) is 14.0. The highest BCUT2D eigenvalue weighted by molar-refractivity contribution is 7.13. The Balaban J connectivity index is 1.18. The maximum Gasteiger partial charge on any atom is 0.257 e. The van der Waals surface area contributed by atoms with Gasteiger partial charge in [0.15, 0.2) is 5.13 Å². The zero-order valence-electron chi connectivity index (χ0n) is 16.7. The molecule has 0 atom stereocenters. The highest BCUT2D eigenvalue weighted by atomic mass is 32.1. The molecular formula is C23H27N3O2S. The number of carbonyl (C=O) groups is 2. The molecule has 4 aliphatic rings. The fourth-order valence-corrected chi connectivity index (χ4v) is 6.80. The molecule has 2 N–H and O–H groups in total. The smallest absolute Gasteiger partial charge is 0.257 e. The molecule has 5 nitrogen and oxygen atoms in total. The second-order valence-electron chi connectivity index (χ2n) is 9.33. The summed E-state index contributed by atoms with van der Waals surface area (Å²) in [6.07, 6.45) is 7.28. The van der Waals surface area contributed by atoms with Gasteiger partial charge in [-0.05, 0) is 80.9 Å². The van der Waals surface area contributed by atoms with Gasteiger partial charge in [0.2, 0.25) is 5.91 Å². The number of benzene rings is 1. The molecule has 29 heavy (non-hydrogen) atoms. The number of hydrogen-bond acceptors (Lipinski definition) is 4. The average molecular weight is 410 g/mol. The van der Waals surface area contributed by atoms with E-state index in [-0.39, 0.29) is 17.2 Å². The third-order valence-electron chi connectivity index (χ3n) is 7.03. The van der Waals surface area contributed by atoms with Crippen LogP contribution < -0.4 is 10.6 Å². The minimum Gasteiger partial charge on any atom is -0.352 e. The van der Waals surface area contributed by atoms with Crippen molar-refractivity contribution in [1.29, 1.82) is 0 Å². The van der Waals surface area contributed by atoms with Gasteiger partial charge in [0.05, 0.1) is 5.69 Å². The number of nitrogens with zero attached hydrogens (tertiary/aromatic N) is 1. The van der Waals surface area contributed by atoms with Gasteiger partial charge >= 0.3 is 0 Å². The van der Waals surface area contributed by atoms with Crippen molar-refractivity contribution in [2.24, 2.45) is 23.2 Å². The molecule has 6 heteroatoms. The zero-order valence-corrected chi connectivity index (χ0v) is 17.6. The fraction of sp³-hybridized carbons (Fsp3) is 0.522. The molecule has 1 heterocycles. The summed E-state index contributed by atoms with van der Waals surface area (Å²) in [6, 6.07) is 7.45. The lowest BCUT2D eigenvalue weighted by Gasteiger charge is -2.55. The van der Waals surface area contributed by atoms with Crippen molar-refractivity contribution in [2.45, 2.75) is 52.0 Å². The van der Waals surface area contributed by atoms with Crippen LogP contribution in [-0.2, 0) is 11.3 Å². The maximum atomic E-state index is 13.1. The molecule has 2 amide bonds. The van der Waals surface area contributed by atoms with Crippen molar-refractivity contribution in [2.75, 3.05) is 5.32 Å². The number of nitrogens with one attached hydrogen (secondary N) is 2. The van der Waals surface area contributed by atoms with E-state index in [0.717, 1.165) is 48.3 Å². The molecule has 6 rings (SSSR count). The van der Waals surface area contributed by atoms with Gasteiger partial charge in [-0.2, -0.15) is 0 Å². The van der Waals surface area contributed by atoms with Crippen LogP contribution in [0.3, 0.4) is 0 Å². The van der Waals surface area contributed by atoms with Crippen LogP contribution in [0.15, 0.2) is 29.6 Å². The Kier molecular flexibility index (Phi) is 4.69. The summed E-state index contributed by atoms with van der Waals surface area (Å²) in [4.78, 5) is 29.7. The van der Waals surface area contributed by atoms with Crippen LogP contribution in [-0.4, -0.2) is 16.8 Å². The molecule has 0 spiro atoms. The predicted molar refractivity (Wildman–Crippen MR) is 114 cm³/mol. The fourth-order valence-electron chi connectivity index (χ4n) is 6.11. The number of thiazole rings is 1. The first kappa shape index (κ1) is 18.8. The van der Waals surface area contributed by atoms with E-state index < -0.39 is 0 Å². The number of hydrogen-bond donors (Lipinski definition) is 2. The van der Waals surface area contributed by atoms with E-state index in [2.05, 4.69) is 15.6 Å². The highest BCUT2D eigenvalue weighted by Crippen LogP contribution is 2.60. The molecule has 4 bridgehead atoms. The summed E-state index contributed by atoms with van der Waals surface area (Å²) < 4.78 is 0. The topological polar surface area (TPSA) is 71.1 Å². The Morgan fingerprint density at radius 2 is 1.69 bits per heavy atom. The molecule has 2 aromatic rings. The molecule has 0 aliphatic heterocycles. The first-order valence-corrected chi connectivity index (χ1v) is 11.5. The summed E-state index contributed by atoms with van der Waals surface area (Å²) in [6.45, 7) is 2.42. The third-order valence-corrected chi connectivity index (χ3v) is 7.90.